The van der Waals surface area contributed by atoms with Gasteiger partial charge in [-0.05, 0) is 66.3 Å². The van der Waals surface area contributed by atoms with Gasteiger partial charge in [-0.3, -0.25) is 0 Å². The van der Waals surface area contributed by atoms with Crippen molar-refractivity contribution in [2.45, 2.75) is 64.9 Å². The van der Waals surface area contributed by atoms with E-state index in [9.17, 15) is 17.6 Å². The van der Waals surface area contributed by atoms with E-state index in [0.717, 1.165) is 36.8 Å². The van der Waals surface area contributed by atoms with Crippen LogP contribution in [0.5, 0.6) is 11.5 Å². The van der Waals surface area contributed by atoms with Gasteiger partial charge in [0.15, 0.2) is 0 Å². The Bertz CT molecular complexity index is 1380. The lowest BCUT2D eigenvalue weighted by atomic mass is 9.97. The summed E-state index contributed by atoms with van der Waals surface area (Å²) < 4.78 is 79.0. The van der Waals surface area contributed by atoms with Crippen molar-refractivity contribution in [1.82, 2.24) is 0 Å². The highest BCUT2D eigenvalue weighted by atomic mass is 19.3. The number of ether oxygens (including phenoxy) is 2. The van der Waals surface area contributed by atoms with E-state index in [1.807, 2.05) is 12.1 Å². The first-order valence-electron chi connectivity index (χ1n) is 13.7. The molecule has 0 aliphatic heterocycles. The van der Waals surface area contributed by atoms with Gasteiger partial charge in [0.1, 0.15) is 29.0 Å². The van der Waals surface area contributed by atoms with Gasteiger partial charge in [0, 0.05) is 23.1 Å². The van der Waals surface area contributed by atoms with Crippen LogP contribution in [0.2, 0.25) is 0 Å². The maximum Gasteiger partial charge on any atom is 0.387 e. The van der Waals surface area contributed by atoms with E-state index in [4.69, 9.17) is 4.74 Å². The third-order valence-electron chi connectivity index (χ3n) is 6.97. The average Bonchev–Trinajstić information content (AvgIpc) is 2.92. The van der Waals surface area contributed by atoms with E-state index in [0.29, 0.717) is 42.2 Å². The number of unbranched alkanes of at least 4 members (excludes halogenated alkanes) is 3. The van der Waals surface area contributed by atoms with Crippen LogP contribution in [0.1, 0.15) is 54.9 Å². The number of halogens is 5. The minimum Gasteiger partial charge on any atom is -0.493 e. The monoisotopic (exact) mass is 556 g/mol. The fraction of sp³-hybridized carbons (Fsp3) is 0.333. The van der Waals surface area contributed by atoms with Crippen molar-refractivity contribution < 1.29 is 31.4 Å². The summed E-state index contributed by atoms with van der Waals surface area (Å²) in [7, 11) is 0. The Balaban J connectivity index is 1.36. The third-order valence-corrected chi connectivity index (χ3v) is 6.97. The van der Waals surface area contributed by atoms with Crippen LogP contribution in [0.3, 0.4) is 0 Å². The summed E-state index contributed by atoms with van der Waals surface area (Å²) in [4.78, 5) is 0. The zero-order chi connectivity index (χ0) is 28.5. The van der Waals surface area contributed by atoms with E-state index in [1.54, 1.807) is 30.3 Å². The molecule has 2 nitrogen and oxygen atoms in total. The lowest BCUT2D eigenvalue weighted by Crippen LogP contribution is -2.03. The maximum atomic E-state index is 15.2. The van der Waals surface area contributed by atoms with Gasteiger partial charge in [-0.1, -0.05) is 68.7 Å². The van der Waals surface area contributed by atoms with Crippen LogP contribution < -0.4 is 9.47 Å². The number of hydrogen-bond acceptors (Lipinski definition) is 2. The quantitative estimate of drug-likeness (QED) is 0.114. The maximum absolute atomic E-state index is 15.2. The predicted octanol–water partition coefficient (Wildman–Crippen LogP) is 9.39. The predicted molar refractivity (Wildman–Crippen MR) is 148 cm³/mol. The molecule has 40 heavy (non-hydrogen) atoms. The van der Waals surface area contributed by atoms with Crippen molar-refractivity contribution in [3.63, 3.8) is 0 Å². The molecule has 7 heteroatoms. The number of alkyl halides is 2. The lowest BCUT2D eigenvalue weighted by molar-refractivity contribution is -0.0498. The molecule has 0 aliphatic rings. The van der Waals surface area contributed by atoms with Crippen LogP contribution in [0.15, 0.2) is 66.7 Å². The molecule has 0 N–H and O–H groups in total. The SMILES string of the molecule is CCCCCCOc1cc(F)c(CCc2ccc3c(F)c(CCc4ccc(OC(F)F)cc4)ccc3c2)c(F)c1. The summed E-state index contributed by atoms with van der Waals surface area (Å²) >= 11 is 0. The van der Waals surface area contributed by atoms with Gasteiger partial charge in [-0.25, -0.2) is 13.2 Å². The molecule has 0 heterocycles. The van der Waals surface area contributed by atoms with Crippen LogP contribution in [-0.2, 0) is 25.7 Å². The minimum absolute atomic E-state index is 0.00811. The number of benzene rings is 4. The Morgan fingerprint density at radius 1 is 0.675 bits per heavy atom. The summed E-state index contributed by atoms with van der Waals surface area (Å²) in [5.41, 5.74) is 2.28. The second-order valence-electron chi connectivity index (χ2n) is 9.89. The number of hydrogen-bond donors (Lipinski definition) is 0. The van der Waals surface area contributed by atoms with Crippen LogP contribution in [0, 0.1) is 17.5 Å². The molecule has 212 valence electrons. The Morgan fingerprint density at radius 3 is 2.08 bits per heavy atom. The first-order chi connectivity index (χ1) is 19.3. The molecule has 0 saturated carbocycles. The van der Waals surface area contributed by atoms with Gasteiger partial charge >= 0.3 is 6.61 Å². The van der Waals surface area contributed by atoms with Crippen LogP contribution in [0.4, 0.5) is 22.0 Å². The van der Waals surface area contributed by atoms with E-state index in [-0.39, 0.29) is 29.3 Å². The lowest BCUT2D eigenvalue weighted by Gasteiger charge is -2.11. The first-order valence-corrected chi connectivity index (χ1v) is 13.7. The molecule has 0 atom stereocenters. The second-order valence-corrected chi connectivity index (χ2v) is 9.89. The topological polar surface area (TPSA) is 18.5 Å². The van der Waals surface area contributed by atoms with E-state index in [1.165, 1.54) is 24.3 Å². The number of fused-ring (bicyclic) bond motifs is 1. The molecule has 0 fully saturated rings. The summed E-state index contributed by atoms with van der Waals surface area (Å²) in [6.07, 6.45) is 5.62. The van der Waals surface area contributed by atoms with Crippen molar-refractivity contribution in [3.05, 3.63) is 106 Å². The average molecular weight is 557 g/mol. The molecule has 0 aromatic heterocycles. The van der Waals surface area contributed by atoms with Gasteiger partial charge in [0.05, 0.1) is 6.61 Å². The van der Waals surface area contributed by atoms with Crippen molar-refractivity contribution >= 4 is 10.8 Å². The molecule has 0 saturated heterocycles. The highest BCUT2D eigenvalue weighted by molar-refractivity contribution is 5.84. The molecule has 4 rings (SSSR count). The van der Waals surface area contributed by atoms with Crippen molar-refractivity contribution in [2.24, 2.45) is 0 Å². The molecule has 4 aromatic carbocycles. The second kappa shape index (κ2) is 14.1. The van der Waals surface area contributed by atoms with E-state index < -0.39 is 18.2 Å². The number of aryl methyl sites for hydroxylation is 3. The minimum atomic E-state index is -2.88. The normalized spacial score (nSPS) is 11.4. The summed E-state index contributed by atoms with van der Waals surface area (Å²) in [6, 6.07) is 17.7. The smallest absolute Gasteiger partial charge is 0.387 e. The fourth-order valence-corrected chi connectivity index (χ4v) is 4.74. The Hall–Kier alpha value is -3.61. The van der Waals surface area contributed by atoms with Crippen LogP contribution >= 0.6 is 0 Å². The highest BCUT2D eigenvalue weighted by Gasteiger charge is 2.14. The van der Waals surface area contributed by atoms with E-state index >= 15 is 4.39 Å². The van der Waals surface area contributed by atoms with E-state index in [2.05, 4.69) is 11.7 Å². The van der Waals surface area contributed by atoms with Gasteiger partial charge in [0.25, 0.3) is 0 Å². The Kier molecular flexibility index (Phi) is 10.4. The Labute approximate surface area is 231 Å². The summed E-state index contributed by atoms with van der Waals surface area (Å²) in [6.45, 7) is -0.334. The van der Waals surface area contributed by atoms with Crippen LogP contribution in [-0.4, -0.2) is 13.2 Å². The van der Waals surface area contributed by atoms with Gasteiger partial charge in [0.2, 0.25) is 0 Å². The summed E-state index contributed by atoms with van der Waals surface area (Å²) in [5, 5.41) is 1.18. The fourth-order valence-electron chi connectivity index (χ4n) is 4.74. The highest BCUT2D eigenvalue weighted by Crippen LogP contribution is 2.26. The summed E-state index contributed by atoms with van der Waals surface area (Å²) in [5.74, 6) is -1.29. The number of rotatable bonds is 14. The molecule has 0 bridgehead atoms. The largest absolute Gasteiger partial charge is 0.493 e. The molecule has 4 aromatic rings. The van der Waals surface area contributed by atoms with Crippen molar-refractivity contribution in [3.8, 4) is 11.5 Å². The first kappa shape index (κ1) is 29.4. The van der Waals surface area contributed by atoms with Crippen molar-refractivity contribution in [1.29, 1.82) is 0 Å². The third kappa shape index (κ3) is 7.96. The Morgan fingerprint density at radius 2 is 1.38 bits per heavy atom. The molecular weight excluding hydrogens is 523 g/mol. The van der Waals surface area contributed by atoms with Crippen molar-refractivity contribution in [2.75, 3.05) is 6.61 Å². The molecule has 0 spiro atoms. The standard InChI is InChI=1S/C33H33F5O2/c1-2-3-4-5-18-39-27-20-30(34)29(31(35)21-27)17-10-23-9-16-28-25(19-23)13-12-24(32(28)36)11-6-22-7-14-26(15-8-22)40-33(37)38/h7-9,12-16,19-21,33H,2-6,10-11,17-18H2,1H3. The molecule has 0 amide bonds. The zero-order valence-corrected chi connectivity index (χ0v) is 22.5. The van der Waals surface area contributed by atoms with Gasteiger partial charge < -0.3 is 9.47 Å². The molecule has 0 radical (unpaired) electrons. The molecular formula is C33H33F5O2. The zero-order valence-electron chi connectivity index (χ0n) is 22.5. The van der Waals surface area contributed by atoms with Gasteiger partial charge in [-0.15, -0.1) is 0 Å². The molecule has 0 aliphatic carbocycles. The van der Waals surface area contributed by atoms with Gasteiger partial charge in [-0.2, -0.15) is 8.78 Å². The molecule has 0 unspecified atom stereocenters. The van der Waals surface area contributed by atoms with Crippen LogP contribution in [0.25, 0.3) is 10.8 Å².